The lowest BCUT2D eigenvalue weighted by Gasteiger charge is -2.14. The van der Waals surface area contributed by atoms with Crippen LogP contribution in [0.1, 0.15) is 22.3 Å². The molecule has 0 bridgehead atoms. The van der Waals surface area contributed by atoms with Crippen LogP contribution in [0.3, 0.4) is 0 Å². The first-order valence-electron chi connectivity index (χ1n) is 4.15. The highest BCUT2D eigenvalue weighted by molar-refractivity contribution is 5.40. The summed E-state index contributed by atoms with van der Waals surface area (Å²) in [6, 6.07) is 2.42. The van der Waals surface area contributed by atoms with E-state index in [-0.39, 0.29) is 12.2 Å². The summed E-state index contributed by atoms with van der Waals surface area (Å²) in [4.78, 5) is 0. The quantitative estimate of drug-likeness (QED) is 0.745. The van der Waals surface area contributed by atoms with Gasteiger partial charge in [0.1, 0.15) is 0 Å². The van der Waals surface area contributed by atoms with E-state index in [0.29, 0.717) is 11.1 Å². The van der Waals surface area contributed by atoms with Gasteiger partial charge in [-0.15, -0.1) is 0 Å². The third-order valence-electron chi connectivity index (χ3n) is 2.30. The normalized spacial score (nSPS) is 11.9. The van der Waals surface area contributed by atoms with Gasteiger partial charge in [0.2, 0.25) is 0 Å². The molecule has 1 nitrogen and oxygen atoms in total. The number of rotatable bonds is 1. The van der Waals surface area contributed by atoms with Gasteiger partial charge < -0.3 is 5.11 Å². The van der Waals surface area contributed by atoms with Crippen LogP contribution in [0.15, 0.2) is 12.1 Å². The van der Waals surface area contributed by atoms with Crippen molar-refractivity contribution >= 4 is 0 Å². The van der Waals surface area contributed by atoms with Crippen molar-refractivity contribution in [1.82, 2.24) is 0 Å². The van der Waals surface area contributed by atoms with E-state index in [1.54, 1.807) is 6.92 Å². The second kappa shape index (κ2) is 3.61. The molecule has 0 aliphatic carbocycles. The van der Waals surface area contributed by atoms with Gasteiger partial charge in [-0.05, 0) is 36.6 Å². The van der Waals surface area contributed by atoms with Gasteiger partial charge in [0.15, 0.2) is 0 Å². The number of alkyl halides is 3. The summed E-state index contributed by atoms with van der Waals surface area (Å²) >= 11 is 0. The second-order valence-corrected chi connectivity index (χ2v) is 3.19. The van der Waals surface area contributed by atoms with Crippen LogP contribution >= 0.6 is 0 Å². The van der Waals surface area contributed by atoms with Gasteiger partial charge in [-0.3, -0.25) is 0 Å². The Balaban J connectivity index is 3.36. The Morgan fingerprint density at radius 2 is 1.79 bits per heavy atom. The van der Waals surface area contributed by atoms with Gasteiger partial charge in [0.05, 0.1) is 12.2 Å². The predicted octanol–water partition coefficient (Wildman–Crippen LogP) is 2.81. The molecule has 0 radical (unpaired) electrons. The number of hydrogen-bond acceptors (Lipinski definition) is 1. The first-order valence-corrected chi connectivity index (χ1v) is 4.15. The maximum absolute atomic E-state index is 12.4. The van der Waals surface area contributed by atoms with Crippen molar-refractivity contribution in [3.63, 3.8) is 0 Å². The Hall–Kier alpha value is -1.03. The number of halogens is 3. The lowest BCUT2D eigenvalue weighted by molar-refractivity contribution is -0.138. The van der Waals surface area contributed by atoms with Crippen LogP contribution in [0.4, 0.5) is 13.2 Å². The van der Waals surface area contributed by atoms with Gasteiger partial charge in [0, 0.05) is 0 Å². The van der Waals surface area contributed by atoms with Crippen molar-refractivity contribution in [2.45, 2.75) is 26.6 Å². The molecule has 1 aromatic rings. The maximum Gasteiger partial charge on any atom is 0.416 e. The van der Waals surface area contributed by atoms with Crippen molar-refractivity contribution in [3.8, 4) is 0 Å². The fourth-order valence-corrected chi connectivity index (χ4v) is 1.44. The van der Waals surface area contributed by atoms with Crippen LogP contribution in [-0.4, -0.2) is 5.11 Å². The molecule has 1 N–H and O–H groups in total. The standard InChI is InChI=1S/C10H11F3O/c1-6-3-4-9(10(11,12)13)7(2)8(6)5-14/h3-4,14H,5H2,1-2H3. The minimum absolute atomic E-state index is 0.111. The zero-order chi connectivity index (χ0) is 10.9. The van der Waals surface area contributed by atoms with E-state index in [1.807, 2.05) is 0 Å². The van der Waals surface area contributed by atoms with Crippen molar-refractivity contribution in [1.29, 1.82) is 0 Å². The Bertz CT molecular complexity index is 342. The Labute approximate surface area is 80.2 Å². The lowest BCUT2D eigenvalue weighted by Crippen LogP contribution is -2.10. The lowest BCUT2D eigenvalue weighted by atomic mass is 9.98. The van der Waals surface area contributed by atoms with Gasteiger partial charge in [-0.25, -0.2) is 0 Å². The molecule has 0 fully saturated rings. The zero-order valence-electron chi connectivity index (χ0n) is 7.94. The van der Waals surface area contributed by atoms with E-state index in [9.17, 15) is 13.2 Å². The SMILES string of the molecule is Cc1ccc(C(F)(F)F)c(C)c1CO. The molecule has 0 saturated heterocycles. The molecule has 0 spiro atoms. The first kappa shape index (κ1) is 11.0. The predicted molar refractivity (Wildman–Crippen MR) is 46.8 cm³/mol. The Kier molecular flexibility index (Phi) is 2.85. The van der Waals surface area contributed by atoms with Crippen LogP contribution in [0.5, 0.6) is 0 Å². The second-order valence-electron chi connectivity index (χ2n) is 3.19. The van der Waals surface area contributed by atoms with Crippen molar-refractivity contribution in [2.24, 2.45) is 0 Å². The highest BCUT2D eigenvalue weighted by Crippen LogP contribution is 2.33. The zero-order valence-corrected chi connectivity index (χ0v) is 7.94. The summed E-state index contributed by atoms with van der Waals surface area (Å²) in [7, 11) is 0. The number of aryl methyl sites for hydroxylation is 1. The molecule has 78 valence electrons. The summed E-state index contributed by atoms with van der Waals surface area (Å²) in [5.74, 6) is 0. The van der Waals surface area contributed by atoms with Crippen LogP contribution in [-0.2, 0) is 12.8 Å². The van der Waals surface area contributed by atoms with Crippen LogP contribution < -0.4 is 0 Å². The first-order chi connectivity index (χ1) is 6.38. The minimum atomic E-state index is -4.35. The van der Waals surface area contributed by atoms with Gasteiger partial charge in [-0.2, -0.15) is 13.2 Å². The number of aliphatic hydroxyl groups excluding tert-OH is 1. The molecule has 0 amide bonds. The van der Waals surface area contributed by atoms with Gasteiger partial charge in [-0.1, -0.05) is 6.07 Å². The number of aliphatic hydroxyl groups is 1. The van der Waals surface area contributed by atoms with Crippen molar-refractivity contribution in [3.05, 3.63) is 34.4 Å². The molecule has 0 unspecified atom stereocenters. The molecule has 0 aliphatic rings. The molecule has 0 aliphatic heterocycles. The van der Waals surface area contributed by atoms with Gasteiger partial charge in [0.25, 0.3) is 0 Å². The highest BCUT2D eigenvalue weighted by atomic mass is 19.4. The van der Waals surface area contributed by atoms with Gasteiger partial charge >= 0.3 is 6.18 Å². The summed E-state index contributed by atoms with van der Waals surface area (Å²) in [5, 5.41) is 8.92. The molecular weight excluding hydrogens is 193 g/mol. The fourth-order valence-electron chi connectivity index (χ4n) is 1.44. The minimum Gasteiger partial charge on any atom is -0.392 e. The number of hydrogen-bond donors (Lipinski definition) is 1. The molecule has 1 aromatic carbocycles. The van der Waals surface area contributed by atoms with Crippen molar-refractivity contribution < 1.29 is 18.3 Å². The van der Waals surface area contributed by atoms with Crippen LogP contribution in [0.25, 0.3) is 0 Å². The summed E-state index contributed by atoms with van der Waals surface area (Å²) in [5.41, 5.74) is 0.477. The topological polar surface area (TPSA) is 20.2 Å². The van der Waals surface area contributed by atoms with E-state index in [1.165, 1.54) is 13.0 Å². The Morgan fingerprint density at radius 3 is 2.21 bits per heavy atom. The smallest absolute Gasteiger partial charge is 0.392 e. The van der Waals surface area contributed by atoms with Crippen LogP contribution in [0.2, 0.25) is 0 Å². The summed E-state index contributed by atoms with van der Waals surface area (Å²) < 4.78 is 37.2. The van der Waals surface area contributed by atoms with E-state index in [2.05, 4.69) is 0 Å². The van der Waals surface area contributed by atoms with E-state index >= 15 is 0 Å². The average molecular weight is 204 g/mol. The maximum atomic E-state index is 12.4. The fraction of sp³-hybridized carbons (Fsp3) is 0.400. The molecule has 0 heterocycles. The summed E-state index contributed by atoms with van der Waals surface area (Å²) in [6.45, 7) is 2.70. The largest absolute Gasteiger partial charge is 0.416 e. The highest BCUT2D eigenvalue weighted by Gasteiger charge is 2.33. The Morgan fingerprint density at radius 1 is 1.21 bits per heavy atom. The van der Waals surface area contributed by atoms with E-state index < -0.39 is 11.7 Å². The number of benzene rings is 1. The third-order valence-corrected chi connectivity index (χ3v) is 2.30. The third kappa shape index (κ3) is 1.90. The molecule has 4 heteroatoms. The molecule has 0 saturated carbocycles. The van der Waals surface area contributed by atoms with E-state index in [4.69, 9.17) is 5.11 Å². The van der Waals surface area contributed by atoms with Crippen LogP contribution in [0, 0.1) is 13.8 Å². The molecule has 1 rings (SSSR count). The molecule has 0 aromatic heterocycles. The van der Waals surface area contributed by atoms with Crippen molar-refractivity contribution in [2.75, 3.05) is 0 Å². The molecule has 0 atom stereocenters. The van der Waals surface area contributed by atoms with E-state index in [0.717, 1.165) is 6.07 Å². The molecular formula is C10H11F3O. The average Bonchev–Trinajstić information content (AvgIpc) is 2.02. The monoisotopic (exact) mass is 204 g/mol. The summed E-state index contributed by atoms with van der Waals surface area (Å²) in [6.07, 6.45) is -4.35. The molecule has 14 heavy (non-hydrogen) atoms.